The van der Waals surface area contributed by atoms with Crippen molar-refractivity contribution in [2.75, 3.05) is 6.61 Å². The largest absolute Gasteiger partial charge is 0.462 e. The van der Waals surface area contributed by atoms with Gasteiger partial charge in [0.1, 0.15) is 11.4 Å². The highest BCUT2D eigenvalue weighted by Crippen LogP contribution is 2.31. The number of alkyl halides is 3. The first-order valence-electron chi connectivity index (χ1n) is 6.51. The molecule has 0 aliphatic carbocycles. The van der Waals surface area contributed by atoms with E-state index in [2.05, 4.69) is 14.7 Å². The van der Waals surface area contributed by atoms with Crippen molar-refractivity contribution < 1.29 is 22.7 Å². The smallest absolute Gasteiger partial charge is 0.434 e. The first-order valence-corrected chi connectivity index (χ1v) is 7.56. The predicted octanol–water partition coefficient (Wildman–Crippen LogP) is 3.70. The van der Waals surface area contributed by atoms with Crippen LogP contribution in [0.2, 0.25) is 0 Å². The van der Waals surface area contributed by atoms with E-state index in [0.717, 1.165) is 12.6 Å². The van der Waals surface area contributed by atoms with Gasteiger partial charge < -0.3 is 4.74 Å². The fourth-order valence-electron chi connectivity index (χ4n) is 1.40. The van der Waals surface area contributed by atoms with Gasteiger partial charge in [0.2, 0.25) is 0 Å². The fraction of sp³-hybridized carbons (Fsp3) is 0.615. The second-order valence-electron chi connectivity index (χ2n) is 4.30. The predicted molar refractivity (Wildman–Crippen MR) is 74.0 cm³/mol. The monoisotopic (exact) mass is 322 g/mol. The van der Waals surface area contributed by atoms with Gasteiger partial charge in [-0.25, -0.2) is 14.8 Å². The summed E-state index contributed by atoms with van der Waals surface area (Å²) in [5, 5.41) is 0.299. The van der Waals surface area contributed by atoms with E-state index in [1.807, 2.05) is 13.8 Å². The zero-order chi connectivity index (χ0) is 16.0. The lowest BCUT2D eigenvalue weighted by molar-refractivity contribution is -0.142. The van der Waals surface area contributed by atoms with Gasteiger partial charge in [-0.3, -0.25) is 0 Å². The molecule has 8 heteroatoms. The summed E-state index contributed by atoms with van der Waals surface area (Å²) in [4.78, 5) is 18.9. The number of hydrogen-bond acceptors (Lipinski definition) is 5. The maximum Gasteiger partial charge on any atom is 0.434 e. The molecule has 1 rings (SSSR count). The minimum atomic E-state index is -4.72. The lowest BCUT2D eigenvalue weighted by Gasteiger charge is -2.13. The van der Waals surface area contributed by atoms with Gasteiger partial charge in [-0.2, -0.15) is 24.9 Å². The number of carbonyl (C=O) groups is 1. The van der Waals surface area contributed by atoms with Crippen LogP contribution in [0.25, 0.3) is 0 Å². The number of nitrogens with zero attached hydrogens (tertiary/aromatic N) is 2. The van der Waals surface area contributed by atoms with Crippen molar-refractivity contribution >= 4 is 17.7 Å². The molecule has 0 N–H and O–H groups in total. The summed E-state index contributed by atoms with van der Waals surface area (Å²) in [6.07, 6.45) is -2.93. The zero-order valence-electron chi connectivity index (χ0n) is 12.0. The van der Waals surface area contributed by atoms with E-state index >= 15 is 0 Å². The number of carbonyl (C=O) groups excluding carboxylic acids is 1. The molecule has 1 aromatic rings. The number of esters is 1. The van der Waals surface area contributed by atoms with Gasteiger partial charge in [0.15, 0.2) is 5.69 Å². The Bertz CT molecular complexity index is 495. The summed E-state index contributed by atoms with van der Waals surface area (Å²) in [6, 6.07) is 0. The second kappa shape index (κ2) is 7.63. The summed E-state index contributed by atoms with van der Waals surface area (Å²) in [5.41, 5.74) is -1.89. The molecular weight excluding hydrogens is 305 g/mol. The van der Waals surface area contributed by atoms with Crippen molar-refractivity contribution in [3.8, 4) is 0 Å². The lowest BCUT2D eigenvalue weighted by Crippen LogP contribution is -2.19. The van der Waals surface area contributed by atoms with Crippen LogP contribution < -0.4 is 0 Å². The van der Waals surface area contributed by atoms with Crippen LogP contribution in [0.5, 0.6) is 0 Å². The average Bonchev–Trinajstić information content (AvgIpc) is 2.43. The zero-order valence-corrected chi connectivity index (χ0v) is 12.8. The summed E-state index contributed by atoms with van der Waals surface area (Å²) in [5.74, 6) is -0.743. The maximum atomic E-state index is 13.0. The summed E-state index contributed by atoms with van der Waals surface area (Å²) in [6.45, 7) is 5.47. The lowest BCUT2D eigenvalue weighted by atomic mass is 10.2. The van der Waals surface area contributed by atoms with Gasteiger partial charge in [0.05, 0.1) is 12.4 Å². The molecule has 0 aliphatic rings. The highest BCUT2D eigenvalue weighted by molar-refractivity contribution is 7.99. The van der Waals surface area contributed by atoms with Crippen LogP contribution in [0.1, 0.15) is 49.1 Å². The summed E-state index contributed by atoms with van der Waals surface area (Å²) in [7, 11) is 0. The van der Waals surface area contributed by atoms with Crippen molar-refractivity contribution in [2.24, 2.45) is 0 Å². The Hall–Kier alpha value is -1.31. The quantitative estimate of drug-likeness (QED) is 0.747. The SMILES string of the molecule is CCOC(=O)c1cnc(CSC(C)CC)nc1C(F)(F)F. The summed E-state index contributed by atoms with van der Waals surface area (Å²) < 4.78 is 43.6. The minimum Gasteiger partial charge on any atom is -0.462 e. The Labute approximate surface area is 125 Å². The molecule has 21 heavy (non-hydrogen) atoms. The first kappa shape index (κ1) is 17.7. The molecule has 118 valence electrons. The van der Waals surface area contributed by atoms with Gasteiger partial charge in [0, 0.05) is 11.4 Å². The van der Waals surface area contributed by atoms with Crippen LogP contribution in [-0.2, 0) is 16.7 Å². The molecule has 1 atom stereocenters. The Morgan fingerprint density at radius 1 is 1.43 bits per heavy atom. The Kier molecular flexibility index (Phi) is 6.44. The number of thioether (sulfide) groups is 1. The molecule has 1 unspecified atom stereocenters. The molecule has 0 radical (unpaired) electrons. The first-order chi connectivity index (χ1) is 9.79. The van der Waals surface area contributed by atoms with Gasteiger partial charge in [-0.1, -0.05) is 13.8 Å². The van der Waals surface area contributed by atoms with E-state index in [1.54, 1.807) is 0 Å². The topological polar surface area (TPSA) is 52.1 Å². The molecule has 1 heterocycles. The van der Waals surface area contributed by atoms with E-state index in [9.17, 15) is 18.0 Å². The molecule has 0 fully saturated rings. The molecule has 0 bridgehead atoms. The van der Waals surface area contributed by atoms with E-state index < -0.39 is 23.4 Å². The molecule has 0 amide bonds. The number of rotatable bonds is 6. The molecule has 0 saturated heterocycles. The third-order valence-electron chi connectivity index (χ3n) is 2.67. The van der Waals surface area contributed by atoms with E-state index in [-0.39, 0.29) is 18.2 Å². The normalized spacial score (nSPS) is 13.0. The van der Waals surface area contributed by atoms with Crippen LogP contribution >= 0.6 is 11.8 Å². The highest BCUT2D eigenvalue weighted by atomic mass is 32.2. The van der Waals surface area contributed by atoms with Gasteiger partial charge in [0.25, 0.3) is 0 Å². The van der Waals surface area contributed by atoms with E-state index in [1.165, 1.54) is 18.7 Å². The minimum absolute atomic E-state index is 0.0122. The number of halogens is 3. The Morgan fingerprint density at radius 2 is 2.10 bits per heavy atom. The van der Waals surface area contributed by atoms with Crippen LogP contribution in [-0.4, -0.2) is 27.8 Å². The fourth-order valence-corrected chi connectivity index (χ4v) is 2.21. The molecule has 0 saturated carbocycles. The Balaban J connectivity index is 3.05. The molecular formula is C13H17F3N2O2S. The molecule has 4 nitrogen and oxygen atoms in total. The number of aromatic nitrogens is 2. The van der Waals surface area contributed by atoms with Crippen LogP contribution in [0.15, 0.2) is 6.20 Å². The number of ether oxygens (including phenoxy) is 1. The van der Waals surface area contributed by atoms with Crippen molar-refractivity contribution in [1.29, 1.82) is 0 Å². The molecule has 1 aromatic heterocycles. The molecule has 0 aromatic carbocycles. The second-order valence-corrected chi connectivity index (χ2v) is 5.72. The van der Waals surface area contributed by atoms with Crippen LogP contribution in [0.3, 0.4) is 0 Å². The van der Waals surface area contributed by atoms with Gasteiger partial charge in [-0.15, -0.1) is 0 Å². The third-order valence-corrected chi connectivity index (χ3v) is 4.00. The van der Waals surface area contributed by atoms with Gasteiger partial charge >= 0.3 is 12.1 Å². The summed E-state index contributed by atoms with van der Waals surface area (Å²) >= 11 is 1.46. The van der Waals surface area contributed by atoms with Crippen molar-refractivity contribution in [3.63, 3.8) is 0 Å². The Morgan fingerprint density at radius 3 is 2.62 bits per heavy atom. The molecule has 0 spiro atoms. The van der Waals surface area contributed by atoms with Crippen molar-refractivity contribution in [1.82, 2.24) is 9.97 Å². The third kappa shape index (κ3) is 5.18. The highest BCUT2D eigenvalue weighted by Gasteiger charge is 2.38. The standard InChI is InChI=1S/C13H17F3N2O2S/c1-4-8(3)21-7-10-17-6-9(12(19)20-5-2)11(18-10)13(14,15)16/h6,8H,4-5,7H2,1-3H3. The van der Waals surface area contributed by atoms with Crippen LogP contribution in [0, 0.1) is 0 Å². The molecule has 0 aliphatic heterocycles. The number of hydrogen-bond donors (Lipinski definition) is 0. The van der Waals surface area contributed by atoms with Crippen LogP contribution in [0.4, 0.5) is 13.2 Å². The van der Waals surface area contributed by atoms with Gasteiger partial charge in [-0.05, 0) is 13.3 Å². The maximum absolute atomic E-state index is 13.0. The van der Waals surface area contributed by atoms with E-state index in [0.29, 0.717) is 5.25 Å². The average molecular weight is 322 g/mol. The van der Waals surface area contributed by atoms with Crippen molar-refractivity contribution in [3.05, 3.63) is 23.3 Å². The van der Waals surface area contributed by atoms with Crippen molar-refractivity contribution in [2.45, 2.75) is 44.4 Å². The van der Waals surface area contributed by atoms with E-state index in [4.69, 9.17) is 0 Å².